The van der Waals surface area contributed by atoms with Gasteiger partial charge in [0.25, 0.3) is 0 Å². The number of fused-ring (bicyclic) bond motifs is 9. The molecule has 0 saturated carbocycles. The summed E-state index contributed by atoms with van der Waals surface area (Å²) < 4.78 is 4.63. The Morgan fingerprint density at radius 2 is 0.957 bits per heavy atom. The summed E-state index contributed by atoms with van der Waals surface area (Å²) in [5.74, 6) is 0.663. The molecule has 0 radical (unpaired) electrons. The van der Waals surface area contributed by atoms with Crippen LogP contribution in [0, 0.1) is 0 Å². The lowest BCUT2D eigenvalue weighted by Crippen LogP contribution is -2.04. The normalized spacial score (nSPS) is 11.9. The van der Waals surface area contributed by atoms with E-state index in [-0.39, 0.29) is 0 Å². The molecule has 10 rings (SSSR count). The Morgan fingerprint density at radius 1 is 0.370 bits per heavy atom. The molecule has 0 bridgehead atoms. The summed E-state index contributed by atoms with van der Waals surface area (Å²) in [6, 6.07) is 55.9. The third-order valence-electron chi connectivity index (χ3n) is 9.31. The van der Waals surface area contributed by atoms with Gasteiger partial charge in [-0.25, -0.2) is 9.97 Å². The van der Waals surface area contributed by atoms with Gasteiger partial charge in [0.05, 0.1) is 33.3 Å². The van der Waals surface area contributed by atoms with Gasteiger partial charge in [-0.1, -0.05) is 115 Å². The van der Waals surface area contributed by atoms with Crippen molar-refractivity contribution in [2.24, 2.45) is 0 Å². The second kappa shape index (κ2) is 9.62. The van der Waals surface area contributed by atoms with E-state index in [9.17, 15) is 0 Å². The van der Waals surface area contributed by atoms with Gasteiger partial charge in [-0.15, -0.1) is 0 Å². The van der Waals surface area contributed by atoms with Crippen LogP contribution >= 0.6 is 0 Å². The summed E-state index contributed by atoms with van der Waals surface area (Å²) in [4.78, 5) is 10.7. The predicted octanol–water partition coefficient (Wildman–Crippen LogP) is 10.6. The van der Waals surface area contributed by atoms with Gasteiger partial charge >= 0.3 is 0 Å². The number of nitrogens with zero attached hydrogens (tertiary/aromatic N) is 4. The van der Waals surface area contributed by atoms with Crippen LogP contribution in [0.4, 0.5) is 0 Å². The van der Waals surface area contributed by atoms with Gasteiger partial charge in [0, 0.05) is 43.6 Å². The lowest BCUT2D eigenvalue weighted by atomic mass is 10.0. The first-order valence-corrected chi connectivity index (χ1v) is 15.6. The average molecular weight is 587 g/mol. The molecule has 4 heteroatoms. The predicted molar refractivity (Wildman–Crippen MR) is 191 cm³/mol. The number of para-hydroxylation sites is 3. The molecule has 3 heterocycles. The quantitative estimate of drug-likeness (QED) is 0.193. The molecule has 0 spiro atoms. The summed E-state index contributed by atoms with van der Waals surface area (Å²) in [5.41, 5.74) is 8.58. The van der Waals surface area contributed by atoms with Gasteiger partial charge in [-0.3, -0.25) is 4.57 Å². The molecule has 46 heavy (non-hydrogen) atoms. The second-order valence-corrected chi connectivity index (χ2v) is 11.8. The molecule has 3 aromatic heterocycles. The average Bonchev–Trinajstić information content (AvgIpc) is 3.63. The Hall–Kier alpha value is -6.26. The number of rotatable bonds is 3. The van der Waals surface area contributed by atoms with Crippen molar-refractivity contribution in [3.8, 4) is 22.9 Å². The summed E-state index contributed by atoms with van der Waals surface area (Å²) in [6.07, 6.45) is 0. The summed E-state index contributed by atoms with van der Waals surface area (Å²) >= 11 is 0. The zero-order valence-corrected chi connectivity index (χ0v) is 24.8. The summed E-state index contributed by atoms with van der Waals surface area (Å²) in [6.45, 7) is 0. The minimum absolute atomic E-state index is 0.663. The van der Waals surface area contributed by atoms with Crippen molar-refractivity contribution in [3.05, 3.63) is 158 Å². The molecule has 0 N–H and O–H groups in total. The topological polar surface area (TPSA) is 35.6 Å². The maximum absolute atomic E-state index is 5.38. The van der Waals surface area contributed by atoms with Gasteiger partial charge in [-0.05, 0) is 47.9 Å². The second-order valence-electron chi connectivity index (χ2n) is 11.8. The van der Waals surface area contributed by atoms with Gasteiger partial charge < -0.3 is 4.57 Å². The van der Waals surface area contributed by atoms with Crippen molar-refractivity contribution in [2.75, 3.05) is 0 Å². The fraction of sp³-hybridized carbons (Fsp3) is 0. The molecule has 0 unspecified atom stereocenters. The molecular formula is C42H26N4. The van der Waals surface area contributed by atoms with Crippen LogP contribution in [-0.2, 0) is 0 Å². The van der Waals surface area contributed by atoms with Crippen LogP contribution in [0.15, 0.2) is 158 Å². The standard InChI is InChI=1S/C42H26N4/c1-3-14-28(15-4-1)40-33-24-23-27-13-7-8-18-30(27)41(33)44-42(43-40)46-37-22-12-10-20-32(37)35-25-34-31-19-9-11-21-36(31)45(38(34)26-39(35)46)29-16-5-2-6-17-29/h1-26H. The summed E-state index contributed by atoms with van der Waals surface area (Å²) in [7, 11) is 0. The van der Waals surface area contributed by atoms with Gasteiger partial charge in [-0.2, -0.15) is 0 Å². The third kappa shape index (κ3) is 3.55. The van der Waals surface area contributed by atoms with E-state index < -0.39 is 0 Å². The fourth-order valence-electron chi connectivity index (χ4n) is 7.27. The number of benzene rings is 7. The lowest BCUT2D eigenvalue weighted by molar-refractivity contribution is 1.02. The number of aromatic nitrogens is 4. The lowest BCUT2D eigenvalue weighted by Gasteiger charge is -2.13. The monoisotopic (exact) mass is 586 g/mol. The highest BCUT2D eigenvalue weighted by Crippen LogP contribution is 2.40. The minimum atomic E-state index is 0.663. The van der Waals surface area contributed by atoms with Gasteiger partial charge in [0.15, 0.2) is 0 Å². The van der Waals surface area contributed by atoms with Crippen LogP contribution in [0.3, 0.4) is 0 Å². The number of hydrogen-bond donors (Lipinski definition) is 0. The molecule has 0 saturated heterocycles. The van der Waals surface area contributed by atoms with E-state index in [2.05, 4.69) is 161 Å². The maximum atomic E-state index is 5.38. The first-order valence-electron chi connectivity index (χ1n) is 15.6. The highest BCUT2D eigenvalue weighted by molar-refractivity contribution is 6.19. The van der Waals surface area contributed by atoms with Crippen LogP contribution in [-0.4, -0.2) is 19.1 Å². The van der Waals surface area contributed by atoms with E-state index in [0.717, 1.165) is 55.2 Å². The first kappa shape index (κ1) is 25.1. The van der Waals surface area contributed by atoms with Crippen LogP contribution in [0.5, 0.6) is 0 Å². The van der Waals surface area contributed by atoms with Crippen molar-refractivity contribution in [1.82, 2.24) is 19.1 Å². The fourth-order valence-corrected chi connectivity index (χ4v) is 7.27. The highest BCUT2D eigenvalue weighted by Gasteiger charge is 2.21. The van der Waals surface area contributed by atoms with E-state index >= 15 is 0 Å². The van der Waals surface area contributed by atoms with Crippen molar-refractivity contribution in [3.63, 3.8) is 0 Å². The zero-order chi connectivity index (χ0) is 30.2. The van der Waals surface area contributed by atoms with Crippen molar-refractivity contribution in [2.45, 2.75) is 0 Å². The van der Waals surface area contributed by atoms with Gasteiger partial charge in [0.2, 0.25) is 5.95 Å². The van der Waals surface area contributed by atoms with Crippen LogP contribution in [0.25, 0.3) is 88.2 Å². The van der Waals surface area contributed by atoms with Gasteiger partial charge in [0.1, 0.15) is 0 Å². The van der Waals surface area contributed by atoms with E-state index in [1.54, 1.807) is 0 Å². The van der Waals surface area contributed by atoms with E-state index in [0.29, 0.717) is 5.95 Å². The molecule has 214 valence electrons. The number of hydrogen-bond acceptors (Lipinski definition) is 2. The molecular weight excluding hydrogens is 560 g/mol. The van der Waals surface area contributed by atoms with Crippen LogP contribution in [0.2, 0.25) is 0 Å². The molecule has 0 aliphatic rings. The smallest absolute Gasteiger partial charge is 0.235 e. The molecule has 7 aromatic carbocycles. The molecule has 0 atom stereocenters. The third-order valence-corrected chi connectivity index (χ3v) is 9.31. The van der Waals surface area contributed by atoms with E-state index in [4.69, 9.17) is 9.97 Å². The Balaban J connectivity index is 1.38. The van der Waals surface area contributed by atoms with Crippen LogP contribution < -0.4 is 0 Å². The molecule has 0 amide bonds. The zero-order valence-electron chi connectivity index (χ0n) is 24.8. The van der Waals surface area contributed by atoms with Crippen LogP contribution in [0.1, 0.15) is 0 Å². The Labute approximate surface area is 264 Å². The molecule has 0 aliphatic carbocycles. The molecule has 4 nitrogen and oxygen atoms in total. The van der Waals surface area contributed by atoms with Crippen molar-refractivity contribution < 1.29 is 0 Å². The SMILES string of the molecule is c1ccc(-c2nc(-n3c4ccccc4c4cc5c6ccccc6n(-c6ccccc6)c5cc43)nc3c2ccc2ccccc23)cc1. The molecule has 0 fully saturated rings. The van der Waals surface area contributed by atoms with E-state index in [1.807, 2.05) is 6.07 Å². The molecule has 0 aliphatic heterocycles. The Kier molecular flexibility index (Phi) is 5.25. The first-order chi connectivity index (χ1) is 22.8. The highest BCUT2D eigenvalue weighted by atomic mass is 15.2. The van der Waals surface area contributed by atoms with Crippen molar-refractivity contribution in [1.29, 1.82) is 0 Å². The minimum Gasteiger partial charge on any atom is -0.309 e. The molecule has 10 aromatic rings. The Bertz CT molecular complexity index is 2790. The summed E-state index contributed by atoms with van der Waals surface area (Å²) in [5, 5.41) is 8.15. The maximum Gasteiger partial charge on any atom is 0.235 e. The van der Waals surface area contributed by atoms with E-state index in [1.165, 1.54) is 27.1 Å². The Morgan fingerprint density at radius 3 is 1.70 bits per heavy atom. The van der Waals surface area contributed by atoms with Crippen molar-refractivity contribution >= 4 is 65.3 Å². The largest absolute Gasteiger partial charge is 0.309 e.